The first-order valence-electron chi connectivity index (χ1n) is 20.6. The van der Waals surface area contributed by atoms with Gasteiger partial charge in [0.15, 0.2) is 6.29 Å². The maximum atomic E-state index is 7.07. The summed E-state index contributed by atoms with van der Waals surface area (Å²) >= 11 is 0. The summed E-state index contributed by atoms with van der Waals surface area (Å²) in [7, 11) is -2.47. The summed E-state index contributed by atoms with van der Waals surface area (Å²) < 4.78 is 27.0. The van der Waals surface area contributed by atoms with Gasteiger partial charge in [0, 0.05) is 17.4 Å². The minimum absolute atomic E-state index is 0.317. The Morgan fingerprint density at radius 3 is 1.75 bits per heavy atom. The molecule has 6 heteroatoms. The Morgan fingerprint density at radius 2 is 1.21 bits per heavy atom. The Balaban J connectivity index is 1.49. The predicted octanol–water partition coefficient (Wildman–Crippen LogP) is 11.9. The Labute approximate surface area is 322 Å². The van der Waals surface area contributed by atoms with Crippen molar-refractivity contribution < 1.29 is 18.8 Å². The van der Waals surface area contributed by atoms with Gasteiger partial charge < -0.3 is 18.8 Å². The fourth-order valence-electron chi connectivity index (χ4n) is 7.69. The molecule has 1 unspecified atom stereocenters. The van der Waals surface area contributed by atoms with Crippen LogP contribution in [0.15, 0.2) is 91.0 Å². The molecule has 6 rings (SSSR count). The highest BCUT2D eigenvalue weighted by Crippen LogP contribution is 2.41. The molecule has 0 aliphatic carbocycles. The second-order valence-electron chi connectivity index (χ2n) is 17.1. The van der Waals surface area contributed by atoms with Crippen LogP contribution in [-0.4, -0.2) is 39.3 Å². The van der Waals surface area contributed by atoms with Crippen molar-refractivity contribution in [3.05, 3.63) is 91.0 Å². The molecule has 53 heavy (non-hydrogen) atoms. The minimum Gasteiger partial charge on any atom is -0.465 e. The Hall–Kier alpha value is -3.16. The van der Waals surface area contributed by atoms with E-state index >= 15 is 0 Å². The zero-order valence-electron chi connectivity index (χ0n) is 33.6. The topological polar surface area (TPSA) is 36.9 Å². The summed E-state index contributed by atoms with van der Waals surface area (Å²) in [6.45, 7) is 16.6. The molecule has 2 saturated heterocycles. The summed E-state index contributed by atoms with van der Waals surface area (Å²) in [5, 5.41) is 1.42. The largest absolute Gasteiger partial charge is 0.498 e. The van der Waals surface area contributed by atoms with Gasteiger partial charge >= 0.3 is 7.12 Å². The van der Waals surface area contributed by atoms with E-state index in [-0.39, 0.29) is 6.29 Å². The number of unbranched alkanes of at least 4 members (excludes halogenated alkanes) is 7. The fraction of sp³-hybridized carbons (Fsp3) is 0.489. The van der Waals surface area contributed by atoms with Crippen molar-refractivity contribution in [1.82, 2.24) is 0 Å². The maximum Gasteiger partial charge on any atom is 0.498 e. The minimum atomic E-state index is -1.91. The molecule has 0 saturated carbocycles. The Bertz CT molecular complexity index is 1690. The van der Waals surface area contributed by atoms with E-state index in [1.54, 1.807) is 0 Å². The van der Waals surface area contributed by atoms with Crippen molar-refractivity contribution in [1.29, 1.82) is 0 Å². The molecular weight excluding hydrogens is 667 g/mol. The van der Waals surface area contributed by atoms with E-state index in [0.29, 0.717) is 6.61 Å². The van der Waals surface area contributed by atoms with Gasteiger partial charge in [-0.3, -0.25) is 0 Å². The van der Waals surface area contributed by atoms with E-state index in [1.807, 2.05) is 0 Å². The molecule has 1 atom stereocenters. The summed E-state index contributed by atoms with van der Waals surface area (Å²) in [6, 6.07) is 34.6. The Kier molecular flexibility index (Phi) is 13.1. The summed E-state index contributed by atoms with van der Waals surface area (Å²) in [4.78, 5) is 0. The van der Waals surface area contributed by atoms with Crippen LogP contribution in [0.3, 0.4) is 0 Å². The summed E-state index contributed by atoms with van der Waals surface area (Å²) in [5.41, 5.74) is 6.98. The first-order chi connectivity index (χ1) is 25.5. The molecule has 2 aliphatic rings. The molecule has 4 aromatic carbocycles. The highest BCUT2D eigenvalue weighted by molar-refractivity contribution is 6.90. The summed E-state index contributed by atoms with van der Waals surface area (Å²) in [5.74, 6) is 0.820. The molecule has 282 valence electrons. The van der Waals surface area contributed by atoms with E-state index in [2.05, 4.69) is 139 Å². The van der Waals surface area contributed by atoms with Crippen LogP contribution < -0.4 is 15.4 Å². The molecule has 2 fully saturated rings. The monoisotopic (exact) mass is 730 g/mol. The van der Waals surface area contributed by atoms with Crippen molar-refractivity contribution in [3.8, 4) is 39.1 Å². The predicted molar refractivity (Wildman–Crippen MR) is 227 cm³/mol. The number of rotatable bonds is 16. The first kappa shape index (κ1) is 39.5. The lowest BCUT2D eigenvalue weighted by Gasteiger charge is -2.32. The lowest BCUT2D eigenvalue weighted by Crippen LogP contribution is -2.46. The quantitative estimate of drug-likeness (QED) is 0.0850. The van der Waals surface area contributed by atoms with Gasteiger partial charge in [-0.05, 0) is 86.6 Å². The average molecular weight is 731 g/mol. The van der Waals surface area contributed by atoms with Crippen LogP contribution in [0.5, 0.6) is 5.75 Å². The van der Waals surface area contributed by atoms with E-state index < -0.39 is 26.4 Å². The van der Waals surface area contributed by atoms with Gasteiger partial charge in [-0.25, -0.2) is 0 Å². The molecule has 2 aliphatic heterocycles. The van der Waals surface area contributed by atoms with Gasteiger partial charge in [-0.15, -0.1) is 0 Å². The van der Waals surface area contributed by atoms with Crippen LogP contribution in [0.25, 0.3) is 33.4 Å². The zero-order valence-corrected chi connectivity index (χ0v) is 34.6. The van der Waals surface area contributed by atoms with Gasteiger partial charge in [0.2, 0.25) is 0 Å². The van der Waals surface area contributed by atoms with Gasteiger partial charge in [0.1, 0.15) is 5.75 Å². The fourth-order valence-corrected chi connectivity index (χ4v) is 10.2. The number of hydrogen-bond acceptors (Lipinski definition) is 4. The zero-order chi connectivity index (χ0) is 37.5. The lowest BCUT2D eigenvalue weighted by atomic mass is 9.76. The van der Waals surface area contributed by atoms with Crippen molar-refractivity contribution in [2.45, 2.75) is 142 Å². The number of benzene rings is 4. The molecule has 0 bridgehead atoms. The molecule has 4 aromatic rings. The standard InChI is InChI=1S/C47H63BO4Si/c1-8-9-10-11-12-13-14-23-30-53(6,7)41-34-42(40-32-38(36-24-17-15-18-25-36)31-39(33-40)37-26-19-16-20-27-37)45(50-44-28-21-22-29-49-44)43(35-41)48-51-46(2,3)47(4,5)52-48/h15-20,24-27,31-35,44H,8-14,21-23,28-30H2,1-7H3. The van der Waals surface area contributed by atoms with Crippen LogP contribution in [0, 0.1) is 0 Å². The van der Waals surface area contributed by atoms with Crippen LogP contribution in [-0.2, 0) is 14.0 Å². The third kappa shape index (κ3) is 9.75. The van der Waals surface area contributed by atoms with Gasteiger partial charge in [-0.2, -0.15) is 0 Å². The van der Waals surface area contributed by atoms with E-state index in [4.69, 9.17) is 18.8 Å². The van der Waals surface area contributed by atoms with Crippen LogP contribution >= 0.6 is 0 Å². The normalized spacial score (nSPS) is 18.3. The molecule has 0 spiro atoms. The molecule has 4 nitrogen and oxygen atoms in total. The van der Waals surface area contributed by atoms with Gasteiger partial charge in [-0.1, -0.05) is 155 Å². The Morgan fingerprint density at radius 1 is 0.660 bits per heavy atom. The van der Waals surface area contributed by atoms with E-state index in [0.717, 1.165) is 41.6 Å². The lowest BCUT2D eigenvalue weighted by molar-refractivity contribution is -0.105. The average Bonchev–Trinajstić information content (AvgIpc) is 3.39. The van der Waals surface area contributed by atoms with Crippen LogP contribution in [0.2, 0.25) is 19.1 Å². The first-order valence-corrected chi connectivity index (χ1v) is 23.8. The van der Waals surface area contributed by atoms with E-state index in [1.165, 1.54) is 84.9 Å². The van der Waals surface area contributed by atoms with Crippen molar-refractivity contribution in [2.24, 2.45) is 0 Å². The summed E-state index contributed by atoms with van der Waals surface area (Å²) in [6.07, 6.45) is 13.4. The highest BCUT2D eigenvalue weighted by Gasteiger charge is 2.53. The molecule has 0 amide bonds. The molecule has 2 heterocycles. The molecular formula is C47H63BO4Si. The van der Waals surface area contributed by atoms with Gasteiger partial charge in [0.25, 0.3) is 0 Å². The van der Waals surface area contributed by atoms with Gasteiger partial charge in [0.05, 0.1) is 25.9 Å². The van der Waals surface area contributed by atoms with E-state index in [9.17, 15) is 0 Å². The van der Waals surface area contributed by atoms with Crippen LogP contribution in [0.1, 0.15) is 105 Å². The number of ether oxygens (including phenoxy) is 2. The molecule has 0 radical (unpaired) electrons. The number of hydrogen-bond donors (Lipinski definition) is 0. The molecule has 0 aromatic heterocycles. The van der Waals surface area contributed by atoms with Crippen LogP contribution in [0.4, 0.5) is 0 Å². The second-order valence-corrected chi connectivity index (χ2v) is 21.9. The van der Waals surface area contributed by atoms with Crippen molar-refractivity contribution >= 4 is 25.8 Å². The third-order valence-corrected chi connectivity index (χ3v) is 15.4. The van der Waals surface area contributed by atoms with Crippen molar-refractivity contribution in [2.75, 3.05) is 6.61 Å². The SMILES string of the molecule is CCCCCCCCCC[Si](C)(C)c1cc(B2OC(C)(C)C(C)(C)O2)c(OC2CCCCO2)c(-c2cc(-c3ccccc3)cc(-c3ccccc3)c2)c1. The highest BCUT2D eigenvalue weighted by atomic mass is 28.3. The third-order valence-electron chi connectivity index (χ3n) is 11.9. The smallest absolute Gasteiger partial charge is 0.465 e. The van der Waals surface area contributed by atoms with Crippen molar-refractivity contribution in [3.63, 3.8) is 0 Å². The second kappa shape index (κ2) is 17.5. The maximum absolute atomic E-state index is 7.07. The molecule has 0 N–H and O–H groups in total.